The minimum absolute atomic E-state index is 0.253. The Morgan fingerprint density at radius 3 is 2.62 bits per heavy atom. The van der Waals surface area contributed by atoms with Crippen LogP contribution in [-0.4, -0.2) is 27.6 Å². The van der Waals surface area contributed by atoms with E-state index in [0.717, 1.165) is 33.8 Å². The number of amides is 1. The largest absolute Gasteiger partial charge is 0.497 e. The lowest BCUT2D eigenvalue weighted by atomic mass is 10.0. The normalized spacial score (nSPS) is 11.0. The van der Waals surface area contributed by atoms with Crippen molar-refractivity contribution in [2.75, 3.05) is 7.11 Å². The Morgan fingerprint density at radius 2 is 1.94 bits per heavy atom. The van der Waals surface area contributed by atoms with Crippen LogP contribution in [0.1, 0.15) is 38.4 Å². The molecule has 0 aliphatic rings. The zero-order chi connectivity index (χ0) is 22.8. The fraction of sp³-hybridized carbons (Fsp3) is 0.208. The molecule has 1 N–H and O–H groups in total. The van der Waals surface area contributed by atoms with Gasteiger partial charge in [-0.3, -0.25) is 4.79 Å². The van der Waals surface area contributed by atoms with Gasteiger partial charge in [-0.2, -0.15) is 5.10 Å². The topological polar surface area (TPSA) is 68.5 Å². The Bertz CT molecular complexity index is 1300. The smallest absolute Gasteiger partial charge is 0.257 e. The van der Waals surface area contributed by atoms with E-state index >= 15 is 0 Å². The van der Waals surface area contributed by atoms with Crippen molar-refractivity contribution in [2.45, 2.75) is 26.8 Å². The molecule has 0 aliphatic carbocycles. The monoisotopic (exact) mass is 452 g/mol. The molecule has 2 heterocycles. The van der Waals surface area contributed by atoms with Crippen LogP contribution in [0.2, 0.25) is 5.02 Å². The summed E-state index contributed by atoms with van der Waals surface area (Å²) >= 11 is 6.21. The Morgan fingerprint density at radius 1 is 1.19 bits per heavy atom. The van der Waals surface area contributed by atoms with Crippen LogP contribution >= 0.6 is 11.6 Å². The van der Waals surface area contributed by atoms with Crippen molar-refractivity contribution < 1.29 is 13.9 Å². The lowest BCUT2D eigenvalue weighted by Crippen LogP contribution is -2.23. The van der Waals surface area contributed by atoms with Crippen molar-refractivity contribution in [2.24, 2.45) is 0 Å². The molecule has 4 rings (SSSR count). The van der Waals surface area contributed by atoms with Crippen LogP contribution in [0.5, 0.6) is 5.75 Å². The lowest BCUT2D eigenvalue weighted by Gasteiger charge is -2.13. The molecule has 1 amide bonds. The second-order valence-corrected chi connectivity index (χ2v) is 7.91. The predicted octanol–water partition coefficient (Wildman–Crippen LogP) is 4.67. The number of nitrogens with zero attached hydrogens (tertiary/aromatic N) is 3. The number of fused-ring (bicyclic) bond motifs is 1. The van der Waals surface area contributed by atoms with Crippen LogP contribution < -0.4 is 10.1 Å². The van der Waals surface area contributed by atoms with Gasteiger partial charge in [-0.15, -0.1) is 0 Å². The first kappa shape index (κ1) is 21.8. The van der Waals surface area contributed by atoms with Crippen molar-refractivity contribution in [1.82, 2.24) is 19.9 Å². The van der Waals surface area contributed by atoms with Crippen molar-refractivity contribution >= 4 is 23.2 Å². The molecule has 0 saturated heterocycles. The number of hydrogen-bond donors (Lipinski definition) is 1. The first-order valence-electron chi connectivity index (χ1n) is 10.1. The average molecular weight is 453 g/mol. The summed E-state index contributed by atoms with van der Waals surface area (Å²) < 4.78 is 20.2. The fourth-order valence-electron chi connectivity index (χ4n) is 3.60. The van der Waals surface area contributed by atoms with Gasteiger partial charge in [-0.25, -0.2) is 13.9 Å². The molecule has 8 heteroatoms. The van der Waals surface area contributed by atoms with Crippen LogP contribution in [0, 0.1) is 19.7 Å². The van der Waals surface area contributed by atoms with Gasteiger partial charge in [0, 0.05) is 29.4 Å². The average Bonchev–Trinajstić information content (AvgIpc) is 3.20. The molecule has 0 unspecified atom stereocenters. The zero-order valence-corrected chi connectivity index (χ0v) is 18.7. The number of carbonyl (C=O) groups is 1. The highest BCUT2D eigenvalue weighted by Crippen LogP contribution is 2.25. The first-order chi connectivity index (χ1) is 15.4. The predicted molar refractivity (Wildman–Crippen MR) is 121 cm³/mol. The number of methoxy groups -OCH3 is 1. The third-order valence-corrected chi connectivity index (χ3v) is 5.80. The van der Waals surface area contributed by atoms with E-state index in [9.17, 15) is 9.18 Å². The summed E-state index contributed by atoms with van der Waals surface area (Å²) in [6, 6.07) is 11.8. The van der Waals surface area contributed by atoms with E-state index in [-0.39, 0.29) is 11.7 Å². The van der Waals surface area contributed by atoms with Crippen molar-refractivity contribution in [3.63, 3.8) is 0 Å². The number of halogens is 2. The van der Waals surface area contributed by atoms with Gasteiger partial charge in [0.1, 0.15) is 17.1 Å². The number of hydrogen-bond acceptors (Lipinski definition) is 4. The van der Waals surface area contributed by atoms with Gasteiger partial charge in [0.25, 0.3) is 5.91 Å². The second kappa shape index (κ2) is 8.96. The molecule has 0 radical (unpaired) electrons. The highest BCUT2D eigenvalue weighted by Gasteiger charge is 2.19. The van der Waals surface area contributed by atoms with E-state index < -0.39 is 0 Å². The number of nitrogens with one attached hydrogen (secondary N) is 1. The molecule has 4 aromatic rings. The molecule has 2 aromatic carbocycles. The minimum atomic E-state index is -0.377. The summed E-state index contributed by atoms with van der Waals surface area (Å²) in [5.41, 5.74) is 5.18. The van der Waals surface area contributed by atoms with Crippen molar-refractivity contribution in [3.05, 3.63) is 93.1 Å². The molecule has 0 aliphatic heterocycles. The zero-order valence-electron chi connectivity index (χ0n) is 17.9. The van der Waals surface area contributed by atoms with Crippen molar-refractivity contribution in [3.8, 4) is 5.75 Å². The number of benzene rings is 2. The Hall–Kier alpha value is -3.45. The van der Waals surface area contributed by atoms with Gasteiger partial charge >= 0.3 is 0 Å². The fourth-order valence-corrected chi connectivity index (χ4v) is 3.84. The summed E-state index contributed by atoms with van der Waals surface area (Å²) in [7, 11) is 1.61. The van der Waals surface area contributed by atoms with Gasteiger partial charge < -0.3 is 10.1 Å². The van der Waals surface area contributed by atoms with E-state index in [0.29, 0.717) is 29.2 Å². The molecule has 0 bridgehead atoms. The molecular weight excluding hydrogens is 431 g/mol. The molecular formula is C24H22ClFN4O2. The first-order valence-corrected chi connectivity index (χ1v) is 10.4. The number of aromatic nitrogens is 3. The van der Waals surface area contributed by atoms with E-state index in [1.54, 1.807) is 17.7 Å². The highest BCUT2D eigenvalue weighted by atomic mass is 35.5. The summed E-state index contributed by atoms with van der Waals surface area (Å²) in [4.78, 5) is 17.5. The lowest BCUT2D eigenvalue weighted by molar-refractivity contribution is 0.0952. The van der Waals surface area contributed by atoms with Crippen LogP contribution in [0.25, 0.3) is 5.65 Å². The maximum absolute atomic E-state index is 13.4. The van der Waals surface area contributed by atoms with E-state index in [1.807, 2.05) is 38.1 Å². The molecule has 32 heavy (non-hydrogen) atoms. The molecule has 0 fully saturated rings. The molecule has 2 aromatic heterocycles. The Labute approximate surface area is 190 Å². The molecule has 6 nitrogen and oxygen atoms in total. The van der Waals surface area contributed by atoms with E-state index in [4.69, 9.17) is 16.3 Å². The number of aryl methyl sites for hydroxylation is 2. The third kappa shape index (κ3) is 4.29. The molecule has 0 spiro atoms. The summed E-state index contributed by atoms with van der Waals surface area (Å²) in [6.07, 6.45) is 2.01. The summed E-state index contributed by atoms with van der Waals surface area (Å²) in [5, 5.41) is 7.66. The second-order valence-electron chi connectivity index (χ2n) is 7.50. The van der Waals surface area contributed by atoms with Gasteiger partial charge in [-0.1, -0.05) is 29.8 Å². The van der Waals surface area contributed by atoms with Crippen LogP contribution in [0.3, 0.4) is 0 Å². The van der Waals surface area contributed by atoms with Gasteiger partial charge in [0.15, 0.2) is 5.65 Å². The van der Waals surface area contributed by atoms with Crippen LogP contribution in [0.4, 0.5) is 4.39 Å². The Kier molecular flexibility index (Phi) is 6.10. The third-order valence-electron chi connectivity index (χ3n) is 5.45. The number of rotatable bonds is 6. The van der Waals surface area contributed by atoms with Crippen LogP contribution in [-0.2, 0) is 13.0 Å². The molecule has 0 saturated carbocycles. The maximum atomic E-state index is 13.4. The Balaban J connectivity index is 1.58. The maximum Gasteiger partial charge on any atom is 0.257 e. The molecule has 0 atom stereocenters. The SMILES string of the molecule is COc1ccc(CNC(=O)c2cnn3c(C)c(Cc4ccc(F)cc4Cl)c(C)nc23)cc1. The number of ether oxygens (including phenoxy) is 1. The van der Waals surface area contributed by atoms with Gasteiger partial charge in [0.2, 0.25) is 0 Å². The summed E-state index contributed by atoms with van der Waals surface area (Å²) in [6.45, 7) is 4.17. The van der Waals surface area contributed by atoms with Gasteiger partial charge in [0.05, 0.1) is 13.3 Å². The standard InChI is InChI=1S/C24H22ClFN4O2/c1-14-20(10-17-6-7-18(26)11-22(17)25)15(2)30-23(29-14)21(13-28-30)24(31)27-12-16-4-8-19(32-3)9-5-16/h4-9,11,13H,10,12H2,1-3H3,(H,27,31). The quantitative estimate of drug-likeness (QED) is 0.461. The van der Waals surface area contributed by atoms with Crippen molar-refractivity contribution in [1.29, 1.82) is 0 Å². The molecule has 164 valence electrons. The van der Waals surface area contributed by atoms with Gasteiger partial charge in [-0.05, 0) is 54.8 Å². The van der Waals surface area contributed by atoms with E-state index in [1.165, 1.54) is 18.3 Å². The van der Waals surface area contributed by atoms with E-state index in [2.05, 4.69) is 15.4 Å². The summed E-state index contributed by atoms with van der Waals surface area (Å²) in [5.74, 6) is 0.130. The number of carbonyl (C=O) groups excluding carboxylic acids is 1. The van der Waals surface area contributed by atoms with Crippen LogP contribution in [0.15, 0.2) is 48.7 Å². The minimum Gasteiger partial charge on any atom is -0.497 e. The highest BCUT2D eigenvalue weighted by molar-refractivity contribution is 6.31.